The van der Waals surface area contributed by atoms with E-state index in [0.29, 0.717) is 13.1 Å². The number of sulfonamides is 1. The van der Waals surface area contributed by atoms with Gasteiger partial charge in [0.05, 0.1) is 10.7 Å². The Labute approximate surface area is 143 Å². The second-order valence-electron chi connectivity index (χ2n) is 5.48. The van der Waals surface area contributed by atoms with Crippen LogP contribution in [-0.2, 0) is 10.0 Å². The van der Waals surface area contributed by atoms with Gasteiger partial charge in [-0.05, 0) is 37.1 Å². The van der Waals surface area contributed by atoms with Gasteiger partial charge in [-0.1, -0.05) is 11.6 Å². The first-order valence-electron chi connectivity index (χ1n) is 7.32. The third-order valence-electron chi connectivity index (χ3n) is 3.76. The SMILES string of the molecule is O=C(c1cc(S(=O)(=O)Nc2ccc(F)c(Cl)c2)c[nH]1)N1CCCC1. The maximum atomic E-state index is 13.1. The minimum absolute atomic E-state index is 0.0782. The average molecular weight is 372 g/mol. The zero-order valence-electron chi connectivity index (χ0n) is 12.6. The molecule has 24 heavy (non-hydrogen) atoms. The number of likely N-dealkylation sites (tertiary alicyclic amines) is 1. The predicted octanol–water partition coefficient (Wildman–Crippen LogP) is 2.84. The van der Waals surface area contributed by atoms with E-state index in [1.165, 1.54) is 24.4 Å². The van der Waals surface area contributed by atoms with Gasteiger partial charge in [-0.2, -0.15) is 0 Å². The molecule has 128 valence electrons. The van der Waals surface area contributed by atoms with Crippen molar-refractivity contribution in [2.45, 2.75) is 17.7 Å². The Bertz CT molecular complexity index is 876. The van der Waals surface area contributed by atoms with E-state index in [2.05, 4.69) is 9.71 Å². The molecule has 0 atom stereocenters. The van der Waals surface area contributed by atoms with Gasteiger partial charge < -0.3 is 9.88 Å². The number of nitrogens with one attached hydrogen (secondary N) is 2. The molecule has 1 aromatic carbocycles. The van der Waals surface area contributed by atoms with Crippen LogP contribution in [-0.4, -0.2) is 37.3 Å². The maximum absolute atomic E-state index is 13.1. The number of amides is 1. The minimum Gasteiger partial charge on any atom is -0.356 e. The van der Waals surface area contributed by atoms with Gasteiger partial charge in [-0.15, -0.1) is 0 Å². The van der Waals surface area contributed by atoms with Crippen molar-refractivity contribution in [1.29, 1.82) is 0 Å². The van der Waals surface area contributed by atoms with E-state index in [1.807, 2.05) is 0 Å². The molecule has 0 bridgehead atoms. The lowest BCUT2D eigenvalue weighted by Crippen LogP contribution is -2.27. The van der Waals surface area contributed by atoms with E-state index in [9.17, 15) is 17.6 Å². The van der Waals surface area contributed by atoms with Crippen molar-refractivity contribution < 1.29 is 17.6 Å². The summed E-state index contributed by atoms with van der Waals surface area (Å²) >= 11 is 5.64. The lowest BCUT2D eigenvalue weighted by atomic mass is 10.3. The number of aromatic amines is 1. The van der Waals surface area contributed by atoms with Gasteiger partial charge in [0, 0.05) is 19.3 Å². The molecule has 2 N–H and O–H groups in total. The second kappa shape index (κ2) is 6.45. The van der Waals surface area contributed by atoms with Crippen molar-refractivity contribution in [2.24, 2.45) is 0 Å². The minimum atomic E-state index is -3.91. The Kier molecular flexibility index (Phi) is 4.51. The summed E-state index contributed by atoms with van der Waals surface area (Å²) in [5.41, 5.74) is 0.351. The van der Waals surface area contributed by atoms with Crippen LogP contribution in [0, 0.1) is 5.82 Å². The number of carbonyl (C=O) groups excluding carboxylic acids is 1. The maximum Gasteiger partial charge on any atom is 0.270 e. The molecule has 1 fully saturated rings. The largest absolute Gasteiger partial charge is 0.356 e. The van der Waals surface area contributed by atoms with E-state index in [1.54, 1.807) is 4.90 Å². The van der Waals surface area contributed by atoms with Crippen molar-refractivity contribution in [3.8, 4) is 0 Å². The molecule has 1 amide bonds. The van der Waals surface area contributed by atoms with Gasteiger partial charge in [-0.3, -0.25) is 9.52 Å². The molecule has 0 radical (unpaired) electrons. The number of halogens is 2. The van der Waals surface area contributed by atoms with Crippen LogP contribution >= 0.6 is 11.6 Å². The summed E-state index contributed by atoms with van der Waals surface area (Å²) in [5.74, 6) is -0.862. The van der Waals surface area contributed by atoms with Gasteiger partial charge in [0.15, 0.2) is 0 Å². The summed E-state index contributed by atoms with van der Waals surface area (Å²) in [6, 6.07) is 4.80. The van der Waals surface area contributed by atoms with Crippen LogP contribution in [0.15, 0.2) is 35.4 Å². The van der Waals surface area contributed by atoms with E-state index < -0.39 is 15.8 Å². The fourth-order valence-electron chi connectivity index (χ4n) is 2.52. The standard InChI is InChI=1S/C15H15ClFN3O3S/c16-12-7-10(3-4-13(12)17)19-24(22,23)11-8-14(18-9-11)15(21)20-5-1-2-6-20/h3-4,7-9,18-19H,1-2,5-6H2. The molecular formula is C15H15ClFN3O3S. The third-order valence-corrected chi connectivity index (χ3v) is 5.41. The molecule has 2 aromatic rings. The molecule has 0 saturated carbocycles. The molecule has 0 aliphatic carbocycles. The van der Waals surface area contributed by atoms with E-state index in [4.69, 9.17) is 11.6 Å². The molecule has 1 saturated heterocycles. The predicted molar refractivity (Wildman–Crippen MR) is 88.1 cm³/mol. The summed E-state index contributed by atoms with van der Waals surface area (Å²) < 4.78 is 40.2. The Morgan fingerprint density at radius 3 is 2.62 bits per heavy atom. The second-order valence-corrected chi connectivity index (χ2v) is 7.57. The fraction of sp³-hybridized carbons (Fsp3) is 0.267. The van der Waals surface area contributed by atoms with Gasteiger partial charge in [-0.25, -0.2) is 12.8 Å². The first-order valence-corrected chi connectivity index (χ1v) is 9.18. The van der Waals surface area contributed by atoms with Gasteiger partial charge in [0.25, 0.3) is 15.9 Å². The molecule has 1 aliphatic heterocycles. The molecule has 1 aliphatic rings. The van der Waals surface area contributed by atoms with Crippen molar-refractivity contribution in [2.75, 3.05) is 17.8 Å². The Balaban J connectivity index is 1.79. The molecule has 3 rings (SSSR count). The third kappa shape index (κ3) is 3.39. The molecular weight excluding hydrogens is 357 g/mol. The fourth-order valence-corrected chi connectivity index (χ4v) is 3.74. The Hall–Kier alpha value is -2.06. The molecule has 0 spiro atoms. The van der Waals surface area contributed by atoms with Crippen molar-refractivity contribution in [3.63, 3.8) is 0 Å². The number of H-pyrrole nitrogens is 1. The summed E-state index contributed by atoms with van der Waals surface area (Å²) in [6.45, 7) is 1.35. The van der Waals surface area contributed by atoms with Crippen molar-refractivity contribution in [3.05, 3.63) is 47.0 Å². The number of aromatic nitrogens is 1. The van der Waals surface area contributed by atoms with Crippen LogP contribution in [0.25, 0.3) is 0 Å². The van der Waals surface area contributed by atoms with E-state index in [0.717, 1.165) is 18.9 Å². The highest BCUT2D eigenvalue weighted by molar-refractivity contribution is 7.92. The lowest BCUT2D eigenvalue weighted by molar-refractivity contribution is 0.0787. The number of nitrogens with zero attached hydrogens (tertiary/aromatic N) is 1. The quantitative estimate of drug-likeness (QED) is 0.867. The number of hydrogen-bond donors (Lipinski definition) is 2. The number of benzene rings is 1. The topological polar surface area (TPSA) is 82.3 Å². The monoisotopic (exact) mass is 371 g/mol. The number of hydrogen-bond acceptors (Lipinski definition) is 3. The molecule has 6 nitrogen and oxygen atoms in total. The molecule has 1 aromatic heterocycles. The number of anilines is 1. The van der Waals surface area contributed by atoms with Crippen molar-refractivity contribution in [1.82, 2.24) is 9.88 Å². The summed E-state index contributed by atoms with van der Waals surface area (Å²) in [7, 11) is -3.91. The summed E-state index contributed by atoms with van der Waals surface area (Å²) in [5, 5.41) is -0.186. The van der Waals surface area contributed by atoms with Crippen LogP contribution in [0.5, 0.6) is 0 Å². The van der Waals surface area contributed by atoms with Crippen LogP contribution in [0.2, 0.25) is 5.02 Å². The molecule has 2 heterocycles. The van der Waals surface area contributed by atoms with Crippen molar-refractivity contribution >= 4 is 33.2 Å². The zero-order chi connectivity index (χ0) is 17.3. The van der Waals surface area contributed by atoms with E-state index in [-0.39, 0.29) is 27.2 Å². The first kappa shape index (κ1) is 16.8. The number of carbonyl (C=O) groups is 1. The van der Waals surface area contributed by atoms with Crippen LogP contribution in [0.1, 0.15) is 23.3 Å². The van der Waals surface area contributed by atoms with Gasteiger partial charge >= 0.3 is 0 Å². The van der Waals surface area contributed by atoms with Crippen LogP contribution in [0.3, 0.4) is 0 Å². The first-order chi connectivity index (χ1) is 11.4. The molecule has 9 heteroatoms. The highest BCUT2D eigenvalue weighted by atomic mass is 35.5. The summed E-state index contributed by atoms with van der Waals surface area (Å²) in [6.07, 6.45) is 3.14. The highest BCUT2D eigenvalue weighted by Crippen LogP contribution is 2.23. The summed E-state index contributed by atoms with van der Waals surface area (Å²) in [4.78, 5) is 16.5. The van der Waals surface area contributed by atoms with Crippen LogP contribution in [0.4, 0.5) is 10.1 Å². The molecule has 0 unspecified atom stereocenters. The zero-order valence-corrected chi connectivity index (χ0v) is 14.1. The number of rotatable bonds is 4. The average Bonchev–Trinajstić information content (AvgIpc) is 3.21. The lowest BCUT2D eigenvalue weighted by Gasteiger charge is -2.13. The smallest absolute Gasteiger partial charge is 0.270 e. The van der Waals surface area contributed by atoms with Gasteiger partial charge in [0.1, 0.15) is 16.4 Å². The highest BCUT2D eigenvalue weighted by Gasteiger charge is 2.23. The Morgan fingerprint density at radius 2 is 1.96 bits per heavy atom. The van der Waals surface area contributed by atoms with Crippen LogP contribution < -0.4 is 4.72 Å². The Morgan fingerprint density at radius 1 is 1.25 bits per heavy atom. The van der Waals surface area contributed by atoms with Gasteiger partial charge in [0.2, 0.25) is 0 Å². The normalized spacial score (nSPS) is 14.8. The van der Waals surface area contributed by atoms with E-state index >= 15 is 0 Å².